The smallest absolute Gasteiger partial charge is 0.231 e. The van der Waals surface area contributed by atoms with E-state index in [-0.39, 0.29) is 24.0 Å². The van der Waals surface area contributed by atoms with Crippen LogP contribution in [0.2, 0.25) is 0 Å². The Morgan fingerprint density at radius 2 is 2.10 bits per heavy atom. The van der Waals surface area contributed by atoms with Crippen molar-refractivity contribution in [3.63, 3.8) is 0 Å². The molecule has 158 valence electrons. The Morgan fingerprint density at radius 3 is 2.90 bits per heavy atom. The summed E-state index contributed by atoms with van der Waals surface area (Å²) >= 11 is 0. The number of rotatable bonds is 7. The summed E-state index contributed by atoms with van der Waals surface area (Å²) in [7, 11) is 1.64. The van der Waals surface area contributed by atoms with Crippen LogP contribution in [-0.2, 0) is 20.7 Å². The first-order valence-electron chi connectivity index (χ1n) is 10.6. The number of likely N-dealkylation sites (tertiary alicyclic amines) is 1. The van der Waals surface area contributed by atoms with Gasteiger partial charge in [0.15, 0.2) is 11.6 Å². The number of nitrogens with zero attached hydrogens (tertiary/aromatic N) is 3. The van der Waals surface area contributed by atoms with Gasteiger partial charge in [0.05, 0.1) is 18.9 Å². The van der Waals surface area contributed by atoms with E-state index in [4.69, 9.17) is 9.26 Å². The zero-order valence-electron chi connectivity index (χ0n) is 17.3. The van der Waals surface area contributed by atoms with Crippen LogP contribution in [0.3, 0.4) is 0 Å². The van der Waals surface area contributed by atoms with Crippen LogP contribution in [-0.4, -0.2) is 53.5 Å². The Labute approximate surface area is 176 Å². The highest BCUT2D eigenvalue weighted by atomic mass is 16.5. The minimum Gasteiger partial charge on any atom is -0.384 e. The van der Waals surface area contributed by atoms with E-state index in [0.717, 1.165) is 24.0 Å². The van der Waals surface area contributed by atoms with E-state index in [1.165, 1.54) is 0 Å². The van der Waals surface area contributed by atoms with Gasteiger partial charge in [0, 0.05) is 38.6 Å². The molecule has 2 heterocycles. The second kappa shape index (κ2) is 9.34. The summed E-state index contributed by atoms with van der Waals surface area (Å²) in [5.41, 5.74) is 2.73. The number of aromatic nitrogens is 2. The number of Topliss-reactive ketones (excluding diaryl/α,β-unsaturated/α-hetero) is 1. The fourth-order valence-electron chi connectivity index (χ4n) is 4.27. The Hall–Kier alpha value is -2.80. The van der Waals surface area contributed by atoms with Gasteiger partial charge >= 0.3 is 0 Å². The lowest BCUT2D eigenvalue weighted by Crippen LogP contribution is -2.39. The van der Waals surface area contributed by atoms with Crippen molar-refractivity contribution in [2.24, 2.45) is 0 Å². The van der Waals surface area contributed by atoms with Crippen molar-refractivity contribution in [1.29, 1.82) is 0 Å². The molecule has 1 unspecified atom stereocenters. The molecule has 30 heavy (non-hydrogen) atoms. The van der Waals surface area contributed by atoms with E-state index in [1.54, 1.807) is 7.11 Å². The molecular formula is C23H27N3O4. The van der Waals surface area contributed by atoms with E-state index in [0.29, 0.717) is 56.2 Å². The first-order valence-corrected chi connectivity index (χ1v) is 10.6. The highest BCUT2D eigenvalue weighted by Crippen LogP contribution is 2.34. The number of hydrogen-bond donors (Lipinski definition) is 0. The lowest BCUT2D eigenvalue weighted by molar-refractivity contribution is -0.132. The maximum absolute atomic E-state index is 13.1. The summed E-state index contributed by atoms with van der Waals surface area (Å²) in [5.74, 6) is 1.34. The predicted molar refractivity (Wildman–Crippen MR) is 111 cm³/mol. The summed E-state index contributed by atoms with van der Waals surface area (Å²) in [6, 6.07) is 9.89. The maximum Gasteiger partial charge on any atom is 0.231 e. The number of ether oxygens (including phenoxy) is 1. The zero-order valence-corrected chi connectivity index (χ0v) is 17.3. The third-order valence-corrected chi connectivity index (χ3v) is 5.89. The van der Waals surface area contributed by atoms with Crippen molar-refractivity contribution in [2.45, 2.75) is 44.4 Å². The number of amides is 1. The molecular weight excluding hydrogens is 382 g/mol. The summed E-state index contributed by atoms with van der Waals surface area (Å²) in [5, 5.41) is 4.01. The molecule has 4 rings (SSSR count). The molecule has 2 aliphatic rings. The van der Waals surface area contributed by atoms with Gasteiger partial charge in [-0.2, -0.15) is 4.98 Å². The molecule has 0 spiro atoms. The highest BCUT2D eigenvalue weighted by molar-refractivity contribution is 6.10. The second-order valence-corrected chi connectivity index (χ2v) is 7.89. The van der Waals surface area contributed by atoms with Gasteiger partial charge in [0.25, 0.3) is 0 Å². The Morgan fingerprint density at radius 1 is 1.27 bits per heavy atom. The van der Waals surface area contributed by atoms with Crippen molar-refractivity contribution in [1.82, 2.24) is 15.0 Å². The molecule has 1 saturated heterocycles. The molecule has 1 aliphatic heterocycles. The number of benzene rings is 1. The van der Waals surface area contributed by atoms with Crippen molar-refractivity contribution in [3.05, 3.63) is 53.2 Å². The molecule has 7 nitrogen and oxygen atoms in total. The number of methoxy groups -OCH3 is 1. The van der Waals surface area contributed by atoms with E-state index >= 15 is 0 Å². The number of carbonyl (C=O) groups excluding carboxylic acids is 2. The van der Waals surface area contributed by atoms with Gasteiger partial charge < -0.3 is 14.2 Å². The van der Waals surface area contributed by atoms with E-state index in [9.17, 15) is 9.59 Å². The van der Waals surface area contributed by atoms with E-state index in [2.05, 4.69) is 10.1 Å². The molecule has 1 aromatic heterocycles. The van der Waals surface area contributed by atoms with Crippen molar-refractivity contribution in [3.8, 4) is 0 Å². The van der Waals surface area contributed by atoms with Gasteiger partial charge in [-0.25, -0.2) is 0 Å². The van der Waals surface area contributed by atoms with Gasteiger partial charge in [-0.3, -0.25) is 9.59 Å². The minimum atomic E-state index is -0.00231. The van der Waals surface area contributed by atoms with Crippen molar-refractivity contribution in [2.75, 3.05) is 26.8 Å². The SMILES string of the molecule is COCCc1noc(C2CCCN(C(=O)CC3=C(c4ccccc4)CCC3=O)C2)n1. The van der Waals surface area contributed by atoms with Crippen LogP contribution < -0.4 is 0 Å². The normalized spacial score (nSPS) is 19.6. The average Bonchev–Trinajstić information content (AvgIpc) is 3.40. The Kier molecular flexibility index (Phi) is 6.38. The maximum atomic E-state index is 13.1. The van der Waals surface area contributed by atoms with Crippen LogP contribution in [0.4, 0.5) is 0 Å². The molecule has 1 aromatic carbocycles. The standard InChI is InChI=1S/C23H27N3O4/c1-29-13-11-21-24-23(30-25-21)17-8-5-12-26(15-17)22(28)14-19-18(9-10-20(19)27)16-6-3-2-4-7-16/h2-4,6-7,17H,5,8-15H2,1H3. The molecule has 1 atom stereocenters. The Balaban J connectivity index is 1.44. The lowest BCUT2D eigenvalue weighted by atomic mass is 9.96. The molecule has 0 radical (unpaired) electrons. The number of piperidine rings is 1. The van der Waals surface area contributed by atoms with Crippen molar-refractivity contribution < 1.29 is 18.8 Å². The molecule has 0 bridgehead atoms. The van der Waals surface area contributed by atoms with Gasteiger partial charge in [-0.1, -0.05) is 35.5 Å². The molecule has 1 amide bonds. The molecule has 7 heteroatoms. The fourth-order valence-corrected chi connectivity index (χ4v) is 4.27. The monoisotopic (exact) mass is 409 g/mol. The second-order valence-electron chi connectivity index (χ2n) is 7.89. The molecule has 2 aromatic rings. The molecule has 0 saturated carbocycles. The van der Waals surface area contributed by atoms with Gasteiger partial charge in [-0.05, 0) is 30.4 Å². The fraction of sp³-hybridized carbons (Fsp3) is 0.478. The third kappa shape index (κ3) is 4.51. The van der Waals surface area contributed by atoms with Gasteiger partial charge in [0.1, 0.15) is 0 Å². The summed E-state index contributed by atoms with van der Waals surface area (Å²) in [4.78, 5) is 31.9. The van der Waals surface area contributed by atoms with E-state index in [1.807, 2.05) is 35.2 Å². The average molecular weight is 409 g/mol. The van der Waals surface area contributed by atoms with Gasteiger partial charge in [0.2, 0.25) is 11.8 Å². The number of ketones is 1. The lowest BCUT2D eigenvalue weighted by Gasteiger charge is -2.31. The predicted octanol–water partition coefficient (Wildman–Crippen LogP) is 3.17. The van der Waals surface area contributed by atoms with E-state index < -0.39 is 0 Å². The highest BCUT2D eigenvalue weighted by Gasteiger charge is 2.31. The number of carbonyl (C=O) groups is 2. The van der Waals surface area contributed by atoms with Crippen LogP contribution in [0.25, 0.3) is 5.57 Å². The summed E-state index contributed by atoms with van der Waals surface area (Å²) in [6.45, 7) is 1.79. The van der Waals surface area contributed by atoms with Crippen LogP contribution in [0.1, 0.15) is 55.3 Å². The van der Waals surface area contributed by atoms with Crippen LogP contribution in [0, 0.1) is 0 Å². The summed E-state index contributed by atoms with van der Waals surface area (Å²) in [6.07, 6.45) is 3.76. The summed E-state index contributed by atoms with van der Waals surface area (Å²) < 4.78 is 10.5. The zero-order chi connectivity index (χ0) is 20.9. The largest absolute Gasteiger partial charge is 0.384 e. The van der Waals surface area contributed by atoms with Crippen LogP contribution in [0.15, 0.2) is 40.4 Å². The topological polar surface area (TPSA) is 85.5 Å². The molecule has 0 N–H and O–H groups in total. The Bertz CT molecular complexity index is 935. The quantitative estimate of drug-likeness (QED) is 0.698. The molecule has 1 aliphatic carbocycles. The number of allylic oxidation sites excluding steroid dienone is 1. The third-order valence-electron chi connectivity index (χ3n) is 5.89. The van der Waals surface area contributed by atoms with Crippen molar-refractivity contribution >= 4 is 17.3 Å². The minimum absolute atomic E-state index is 0.00231. The first-order chi connectivity index (χ1) is 14.7. The molecule has 1 fully saturated rings. The first kappa shape index (κ1) is 20.5. The number of hydrogen-bond acceptors (Lipinski definition) is 6. The van der Waals surface area contributed by atoms with Crippen LogP contribution in [0.5, 0.6) is 0 Å². The van der Waals surface area contributed by atoms with Crippen LogP contribution >= 0.6 is 0 Å². The van der Waals surface area contributed by atoms with Gasteiger partial charge in [-0.15, -0.1) is 0 Å².